The Balaban J connectivity index is 2.02. The van der Waals surface area contributed by atoms with Crippen molar-refractivity contribution in [2.45, 2.75) is 71.0 Å². The highest BCUT2D eigenvalue weighted by atomic mass is 16.6. The van der Waals surface area contributed by atoms with Crippen LogP contribution in [0.15, 0.2) is 0 Å². The minimum atomic E-state index is -0.452. The predicted molar refractivity (Wildman–Crippen MR) is 73.9 cm³/mol. The predicted octanol–water partition coefficient (Wildman–Crippen LogP) is 2.94. The molecular weight excluding hydrogens is 242 g/mol. The van der Waals surface area contributed by atoms with Gasteiger partial charge < -0.3 is 14.7 Å². The van der Waals surface area contributed by atoms with Gasteiger partial charge in [0.15, 0.2) is 0 Å². The number of hydrogen-bond donors (Lipinski definition) is 1. The molecule has 0 aromatic heterocycles. The smallest absolute Gasteiger partial charge is 0.410 e. The average Bonchev–Trinajstić information content (AvgIpc) is 2.31. The Bertz CT molecular complexity index is 333. The van der Waals surface area contributed by atoms with E-state index >= 15 is 0 Å². The van der Waals surface area contributed by atoms with Gasteiger partial charge in [-0.2, -0.15) is 0 Å². The lowest BCUT2D eigenvalue weighted by Gasteiger charge is -2.48. The van der Waals surface area contributed by atoms with Crippen LogP contribution in [0.25, 0.3) is 0 Å². The summed E-state index contributed by atoms with van der Waals surface area (Å²) in [5.74, 6) is 0. The fourth-order valence-corrected chi connectivity index (χ4v) is 3.41. The van der Waals surface area contributed by atoms with Crippen LogP contribution in [-0.4, -0.2) is 40.9 Å². The van der Waals surface area contributed by atoms with Crippen LogP contribution in [0.3, 0.4) is 0 Å². The van der Waals surface area contributed by atoms with Crippen molar-refractivity contribution in [2.75, 3.05) is 13.1 Å². The van der Waals surface area contributed by atoms with Gasteiger partial charge in [-0.15, -0.1) is 0 Å². The van der Waals surface area contributed by atoms with Crippen molar-refractivity contribution in [2.24, 2.45) is 5.41 Å². The number of ether oxygens (including phenoxy) is 1. The fourth-order valence-electron chi connectivity index (χ4n) is 3.41. The van der Waals surface area contributed by atoms with Gasteiger partial charge in [0.1, 0.15) is 5.60 Å². The Hall–Kier alpha value is -0.770. The number of piperidine rings is 1. The Kier molecular flexibility index (Phi) is 4.09. The summed E-state index contributed by atoms with van der Waals surface area (Å²) >= 11 is 0. The van der Waals surface area contributed by atoms with E-state index < -0.39 is 5.60 Å². The van der Waals surface area contributed by atoms with E-state index in [2.05, 4.69) is 0 Å². The van der Waals surface area contributed by atoms with Crippen LogP contribution in [0.1, 0.15) is 59.3 Å². The fraction of sp³-hybridized carbons (Fsp3) is 0.933. The second-order valence-corrected chi connectivity index (χ2v) is 7.13. The van der Waals surface area contributed by atoms with Crippen LogP contribution in [0.2, 0.25) is 0 Å². The molecule has 1 N–H and O–H groups in total. The third kappa shape index (κ3) is 3.41. The van der Waals surface area contributed by atoms with Crippen LogP contribution in [0, 0.1) is 5.41 Å². The van der Waals surface area contributed by atoms with E-state index in [1.807, 2.05) is 20.8 Å². The van der Waals surface area contributed by atoms with Crippen molar-refractivity contribution in [3.05, 3.63) is 0 Å². The van der Waals surface area contributed by atoms with Crippen molar-refractivity contribution in [1.82, 2.24) is 4.90 Å². The first-order valence-corrected chi connectivity index (χ1v) is 7.48. The van der Waals surface area contributed by atoms with Gasteiger partial charge in [-0.05, 0) is 46.5 Å². The van der Waals surface area contributed by atoms with E-state index in [1.54, 1.807) is 4.90 Å². The molecule has 2 rings (SSSR count). The summed E-state index contributed by atoms with van der Waals surface area (Å²) in [6, 6.07) is 0. The van der Waals surface area contributed by atoms with Crippen molar-refractivity contribution < 1.29 is 14.6 Å². The summed E-state index contributed by atoms with van der Waals surface area (Å²) in [7, 11) is 0. The monoisotopic (exact) mass is 269 g/mol. The zero-order valence-corrected chi connectivity index (χ0v) is 12.4. The standard InChI is InChI=1S/C15H27NO3/c1-14(2,3)19-13(18)16-10-6-9-15(11-16)8-5-4-7-12(15)17/h12,17H,4-11H2,1-3H3. The molecule has 110 valence electrons. The van der Waals surface area contributed by atoms with Crippen LogP contribution < -0.4 is 0 Å². The van der Waals surface area contributed by atoms with Crippen LogP contribution in [0.4, 0.5) is 4.79 Å². The molecule has 1 saturated heterocycles. The molecule has 4 nitrogen and oxygen atoms in total. The number of nitrogens with zero attached hydrogens (tertiary/aromatic N) is 1. The lowest BCUT2D eigenvalue weighted by Crippen LogP contribution is -2.53. The molecule has 1 aliphatic heterocycles. The number of rotatable bonds is 0. The lowest BCUT2D eigenvalue weighted by molar-refractivity contribution is -0.0634. The van der Waals surface area contributed by atoms with Gasteiger partial charge in [0.25, 0.3) is 0 Å². The van der Waals surface area contributed by atoms with E-state index in [9.17, 15) is 9.90 Å². The molecule has 0 aromatic rings. The molecule has 2 aliphatic rings. The van der Waals surface area contributed by atoms with E-state index in [4.69, 9.17) is 4.74 Å². The number of aliphatic hydroxyl groups is 1. The first-order valence-electron chi connectivity index (χ1n) is 7.48. The van der Waals surface area contributed by atoms with Gasteiger partial charge in [-0.25, -0.2) is 4.79 Å². The summed E-state index contributed by atoms with van der Waals surface area (Å²) in [5.41, 5.74) is -0.528. The molecule has 19 heavy (non-hydrogen) atoms. The molecule has 0 aromatic carbocycles. The van der Waals surface area contributed by atoms with E-state index in [0.717, 1.165) is 38.6 Å². The molecule has 1 aliphatic carbocycles. The highest BCUT2D eigenvalue weighted by Gasteiger charge is 2.44. The van der Waals surface area contributed by atoms with Crippen LogP contribution in [0.5, 0.6) is 0 Å². The summed E-state index contributed by atoms with van der Waals surface area (Å²) < 4.78 is 5.45. The summed E-state index contributed by atoms with van der Waals surface area (Å²) in [4.78, 5) is 14.0. The minimum Gasteiger partial charge on any atom is -0.444 e. The minimum absolute atomic E-state index is 0.0760. The van der Waals surface area contributed by atoms with Crippen molar-refractivity contribution in [1.29, 1.82) is 0 Å². The van der Waals surface area contributed by atoms with Crippen molar-refractivity contribution in [3.8, 4) is 0 Å². The van der Waals surface area contributed by atoms with Gasteiger partial charge in [-0.3, -0.25) is 0 Å². The van der Waals surface area contributed by atoms with Gasteiger partial charge in [0.05, 0.1) is 6.10 Å². The zero-order valence-electron chi connectivity index (χ0n) is 12.4. The van der Waals surface area contributed by atoms with Gasteiger partial charge in [0.2, 0.25) is 0 Å². The Morgan fingerprint density at radius 1 is 1.26 bits per heavy atom. The second kappa shape index (κ2) is 5.31. The molecule has 2 atom stereocenters. The zero-order chi connectivity index (χ0) is 14.1. The topological polar surface area (TPSA) is 49.8 Å². The van der Waals surface area contributed by atoms with Crippen molar-refractivity contribution in [3.63, 3.8) is 0 Å². The van der Waals surface area contributed by atoms with Gasteiger partial charge in [-0.1, -0.05) is 12.8 Å². The number of likely N-dealkylation sites (tertiary alicyclic amines) is 1. The normalized spacial score (nSPS) is 32.4. The Morgan fingerprint density at radius 3 is 2.58 bits per heavy atom. The first kappa shape index (κ1) is 14.6. The Labute approximate surface area is 116 Å². The molecule has 4 heteroatoms. The maximum atomic E-state index is 12.2. The molecule has 0 bridgehead atoms. The third-order valence-corrected chi connectivity index (χ3v) is 4.37. The largest absolute Gasteiger partial charge is 0.444 e. The molecule has 2 unspecified atom stereocenters. The average molecular weight is 269 g/mol. The summed E-state index contributed by atoms with van der Waals surface area (Å²) in [6.07, 6.45) is 5.70. The molecule has 1 heterocycles. The number of carbonyl (C=O) groups is 1. The number of amides is 1. The maximum Gasteiger partial charge on any atom is 0.410 e. The molecule has 1 spiro atoms. The summed E-state index contributed by atoms with van der Waals surface area (Å²) in [5, 5.41) is 10.3. The lowest BCUT2D eigenvalue weighted by atomic mass is 9.67. The summed E-state index contributed by atoms with van der Waals surface area (Å²) in [6.45, 7) is 7.08. The quantitative estimate of drug-likeness (QED) is 0.735. The van der Waals surface area contributed by atoms with E-state index in [0.29, 0.717) is 6.54 Å². The maximum absolute atomic E-state index is 12.2. The van der Waals surface area contributed by atoms with E-state index in [-0.39, 0.29) is 17.6 Å². The molecule has 2 fully saturated rings. The second-order valence-electron chi connectivity index (χ2n) is 7.13. The molecule has 1 saturated carbocycles. The number of hydrogen-bond acceptors (Lipinski definition) is 3. The van der Waals surface area contributed by atoms with E-state index in [1.165, 1.54) is 6.42 Å². The SMILES string of the molecule is CC(C)(C)OC(=O)N1CCCC2(CCCCC2O)C1. The third-order valence-electron chi connectivity index (χ3n) is 4.37. The number of aliphatic hydroxyl groups excluding tert-OH is 1. The molecular formula is C15H27NO3. The first-order chi connectivity index (χ1) is 8.82. The molecule has 0 radical (unpaired) electrons. The molecule has 1 amide bonds. The number of carbonyl (C=O) groups excluding carboxylic acids is 1. The van der Waals surface area contributed by atoms with Crippen LogP contribution >= 0.6 is 0 Å². The van der Waals surface area contributed by atoms with Gasteiger partial charge in [0, 0.05) is 18.5 Å². The Morgan fingerprint density at radius 2 is 1.95 bits per heavy atom. The van der Waals surface area contributed by atoms with Crippen LogP contribution in [-0.2, 0) is 4.74 Å². The highest BCUT2D eigenvalue weighted by molar-refractivity contribution is 5.68. The van der Waals surface area contributed by atoms with Crippen molar-refractivity contribution >= 4 is 6.09 Å². The van der Waals surface area contributed by atoms with Gasteiger partial charge >= 0.3 is 6.09 Å². The highest BCUT2D eigenvalue weighted by Crippen LogP contribution is 2.43.